The zero-order valence-electron chi connectivity index (χ0n) is 24.8. The van der Waals surface area contributed by atoms with Crippen LogP contribution in [0.25, 0.3) is 95.3 Å². The molecule has 0 saturated carbocycles. The van der Waals surface area contributed by atoms with E-state index in [1.165, 1.54) is 95.3 Å². The molecule has 0 fully saturated rings. The number of hydrogen-bond acceptors (Lipinski definition) is 2. The van der Waals surface area contributed by atoms with Crippen LogP contribution in [0.15, 0.2) is 158 Å². The molecule has 0 aliphatic heterocycles. The molecule has 0 bridgehead atoms. The highest BCUT2D eigenvalue weighted by molar-refractivity contribution is 7.29. The SMILES string of the molecule is c1ccc(-c2c3ccccc3c(-c3cccc(-c4ccc5sc6c(ccc7sc8ccccc8c76)c5c4)c3)c3ccccc23)cc1. The molecule has 10 aromatic rings. The minimum atomic E-state index is 1.24. The van der Waals surface area contributed by atoms with Crippen molar-refractivity contribution in [3.05, 3.63) is 158 Å². The summed E-state index contributed by atoms with van der Waals surface area (Å²) in [5.41, 5.74) is 7.57. The molecular formula is C44H26S2. The van der Waals surface area contributed by atoms with E-state index < -0.39 is 0 Å². The van der Waals surface area contributed by atoms with E-state index in [0.717, 1.165) is 0 Å². The smallest absolute Gasteiger partial charge is 0.0448 e. The highest BCUT2D eigenvalue weighted by Gasteiger charge is 2.17. The molecule has 0 nitrogen and oxygen atoms in total. The number of thiophene rings is 2. The maximum absolute atomic E-state index is 2.41. The lowest BCUT2D eigenvalue weighted by Gasteiger charge is -2.18. The van der Waals surface area contributed by atoms with Crippen LogP contribution in [0, 0.1) is 0 Å². The second kappa shape index (κ2) is 10.1. The van der Waals surface area contributed by atoms with Gasteiger partial charge in [0.1, 0.15) is 0 Å². The van der Waals surface area contributed by atoms with Gasteiger partial charge in [-0.3, -0.25) is 0 Å². The Morgan fingerprint density at radius 1 is 0.283 bits per heavy atom. The van der Waals surface area contributed by atoms with Crippen LogP contribution >= 0.6 is 22.7 Å². The highest BCUT2D eigenvalue weighted by atomic mass is 32.1. The molecule has 2 heterocycles. The van der Waals surface area contributed by atoms with Crippen LogP contribution in [0.5, 0.6) is 0 Å². The Morgan fingerprint density at radius 3 is 1.57 bits per heavy atom. The minimum Gasteiger partial charge on any atom is -0.135 e. The Balaban J connectivity index is 1.18. The van der Waals surface area contributed by atoms with E-state index in [1.54, 1.807) is 0 Å². The Morgan fingerprint density at radius 2 is 0.826 bits per heavy atom. The molecule has 0 atom stereocenters. The van der Waals surface area contributed by atoms with Gasteiger partial charge in [-0.05, 0) is 85.3 Å². The Hall–Kier alpha value is -5.28. The fourth-order valence-corrected chi connectivity index (χ4v) is 9.86. The summed E-state index contributed by atoms with van der Waals surface area (Å²) in [6.45, 7) is 0. The van der Waals surface area contributed by atoms with Crippen LogP contribution in [0.4, 0.5) is 0 Å². The third-order valence-corrected chi connectivity index (χ3v) is 11.8. The van der Waals surface area contributed by atoms with Gasteiger partial charge < -0.3 is 0 Å². The van der Waals surface area contributed by atoms with Crippen molar-refractivity contribution in [2.45, 2.75) is 0 Å². The van der Waals surface area contributed by atoms with Crippen molar-refractivity contribution < 1.29 is 0 Å². The van der Waals surface area contributed by atoms with Crippen molar-refractivity contribution in [2.75, 3.05) is 0 Å². The molecular weight excluding hydrogens is 593 g/mol. The molecule has 0 amide bonds. The van der Waals surface area contributed by atoms with Crippen molar-refractivity contribution in [1.82, 2.24) is 0 Å². The second-order valence-electron chi connectivity index (χ2n) is 12.0. The summed E-state index contributed by atoms with van der Waals surface area (Å²) >= 11 is 3.82. The van der Waals surface area contributed by atoms with Gasteiger partial charge in [-0.15, -0.1) is 22.7 Å². The van der Waals surface area contributed by atoms with Gasteiger partial charge in [-0.2, -0.15) is 0 Å². The van der Waals surface area contributed by atoms with Crippen molar-refractivity contribution >= 4 is 84.6 Å². The molecule has 2 aromatic heterocycles. The summed E-state index contributed by atoms with van der Waals surface area (Å²) in [5, 5.41) is 10.6. The van der Waals surface area contributed by atoms with E-state index in [-0.39, 0.29) is 0 Å². The minimum absolute atomic E-state index is 1.24. The predicted molar refractivity (Wildman–Crippen MR) is 204 cm³/mol. The van der Waals surface area contributed by atoms with Gasteiger partial charge in [-0.1, -0.05) is 127 Å². The zero-order chi connectivity index (χ0) is 30.2. The summed E-state index contributed by atoms with van der Waals surface area (Å²) in [4.78, 5) is 0. The maximum atomic E-state index is 2.41. The first-order chi connectivity index (χ1) is 22.8. The van der Waals surface area contributed by atoms with Gasteiger partial charge in [0.25, 0.3) is 0 Å². The van der Waals surface area contributed by atoms with Crippen LogP contribution in [0.2, 0.25) is 0 Å². The quantitative estimate of drug-likeness (QED) is 0.173. The van der Waals surface area contributed by atoms with Gasteiger partial charge >= 0.3 is 0 Å². The van der Waals surface area contributed by atoms with Crippen molar-refractivity contribution in [3.8, 4) is 33.4 Å². The molecule has 0 saturated heterocycles. The first kappa shape index (κ1) is 26.0. The molecule has 214 valence electrons. The van der Waals surface area contributed by atoms with Crippen LogP contribution in [-0.4, -0.2) is 0 Å². The van der Waals surface area contributed by atoms with Gasteiger partial charge in [0, 0.05) is 40.3 Å². The number of hydrogen-bond donors (Lipinski definition) is 0. The molecule has 10 rings (SSSR count). The largest absolute Gasteiger partial charge is 0.135 e. The van der Waals surface area contributed by atoms with Crippen molar-refractivity contribution in [2.24, 2.45) is 0 Å². The Labute approximate surface area is 274 Å². The average Bonchev–Trinajstić information content (AvgIpc) is 3.69. The molecule has 46 heavy (non-hydrogen) atoms. The molecule has 0 spiro atoms. The molecule has 0 aliphatic rings. The lowest BCUT2D eigenvalue weighted by Crippen LogP contribution is -1.91. The van der Waals surface area contributed by atoms with Crippen LogP contribution in [-0.2, 0) is 0 Å². The van der Waals surface area contributed by atoms with E-state index in [1.807, 2.05) is 22.7 Å². The molecule has 0 N–H and O–H groups in total. The summed E-state index contributed by atoms with van der Waals surface area (Å²) in [6.07, 6.45) is 0. The fraction of sp³-hybridized carbons (Fsp3) is 0. The fourth-order valence-electron chi connectivity index (χ4n) is 7.43. The second-order valence-corrected chi connectivity index (χ2v) is 14.2. The number of benzene rings is 8. The average molecular weight is 619 g/mol. The van der Waals surface area contributed by atoms with Crippen LogP contribution in [0.3, 0.4) is 0 Å². The van der Waals surface area contributed by atoms with Crippen molar-refractivity contribution in [3.63, 3.8) is 0 Å². The van der Waals surface area contributed by atoms with Gasteiger partial charge in [0.2, 0.25) is 0 Å². The topological polar surface area (TPSA) is 0 Å². The first-order valence-corrected chi connectivity index (χ1v) is 17.3. The van der Waals surface area contributed by atoms with Crippen LogP contribution < -0.4 is 0 Å². The number of rotatable bonds is 3. The predicted octanol–water partition coefficient (Wildman–Crippen LogP) is 13.7. The maximum Gasteiger partial charge on any atom is 0.0448 e. The monoisotopic (exact) mass is 618 g/mol. The van der Waals surface area contributed by atoms with E-state index in [2.05, 4.69) is 158 Å². The third kappa shape index (κ3) is 3.84. The summed E-state index contributed by atoms with van der Waals surface area (Å²) in [5.74, 6) is 0. The molecule has 2 heteroatoms. The molecule has 0 aliphatic carbocycles. The molecule has 0 radical (unpaired) electrons. The lowest BCUT2D eigenvalue weighted by molar-refractivity contribution is 1.63. The standard InChI is InChI=1S/C44H26S2/c1-2-11-27(12-3-1)41-31-15-4-6-17-33(31)42(34-18-7-5-16-32(34)41)30-14-10-13-28(25-30)29-21-23-39-37(26-29)35-22-24-40-43(44(35)46-39)36-19-8-9-20-38(36)45-40/h1-26H. The first-order valence-electron chi connectivity index (χ1n) is 15.7. The summed E-state index contributed by atoms with van der Waals surface area (Å²) < 4.78 is 5.46. The lowest BCUT2D eigenvalue weighted by atomic mass is 9.85. The third-order valence-electron chi connectivity index (χ3n) is 9.46. The van der Waals surface area contributed by atoms with E-state index in [9.17, 15) is 0 Å². The normalized spacial score (nSPS) is 11.9. The van der Waals surface area contributed by atoms with E-state index in [4.69, 9.17) is 0 Å². The molecule has 0 unspecified atom stereocenters. The van der Waals surface area contributed by atoms with Gasteiger partial charge in [0.15, 0.2) is 0 Å². The summed E-state index contributed by atoms with van der Waals surface area (Å²) in [7, 11) is 0. The van der Waals surface area contributed by atoms with Crippen molar-refractivity contribution in [1.29, 1.82) is 0 Å². The van der Waals surface area contributed by atoms with Crippen LogP contribution in [0.1, 0.15) is 0 Å². The zero-order valence-corrected chi connectivity index (χ0v) is 26.5. The Kier molecular flexibility index (Phi) is 5.72. The van der Waals surface area contributed by atoms with Gasteiger partial charge in [-0.25, -0.2) is 0 Å². The van der Waals surface area contributed by atoms with Gasteiger partial charge in [0.05, 0.1) is 0 Å². The molecule has 8 aromatic carbocycles. The Bertz CT molecular complexity index is 2740. The van der Waals surface area contributed by atoms with E-state index in [0.29, 0.717) is 0 Å². The summed E-state index contributed by atoms with van der Waals surface area (Å²) in [6, 6.07) is 58.2. The van der Waals surface area contributed by atoms with E-state index >= 15 is 0 Å². The highest BCUT2D eigenvalue weighted by Crippen LogP contribution is 2.46. The number of fused-ring (bicyclic) bond motifs is 9.